The van der Waals surface area contributed by atoms with Crippen LogP contribution in [0.3, 0.4) is 0 Å². The molecule has 1 aromatic carbocycles. The molecule has 5 nitrogen and oxygen atoms in total. The van der Waals surface area contributed by atoms with Crippen LogP contribution in [-0.2, 0) is 16.0 Å². The Kier molecular flexibility index (Phi) is 6.62. The van der Waals surface area contributed by atoms with Crippen molar-refractivity contribution >= 4 is 11.8 Å². The van der Waals surface area contributed by atoms with E-state index in [9.17, 15) is 14.0 Å². The lowest BCUT2D eigenvalue weighted by Crippen LogP contribution is -2.38. The van der Waals surface area contributed by atoms with Crippen molar-refractivity contribution in [1.29, 1.82) is 0 Å². The van der Waals surface area contributed by atoms with Gasteiger partial charge in [0, 0.05) is 32.6 Å². The molecule has 0 aliphatic carbocycles. The summed E-state index contributed by atoms with van der Waals surface area (Å²) in [5.41, 5.74) is 0.579. The summed E-state index contributed by atoms with van der Waals surface area (Å²) >= 11 is 0. The lowest BCUT2D eigenvalue weighted by atomic mass is 9.91. The molecule has 26 heavy (non-hydrogen) atoms. The van der Waals surface area contributed by atoms with Gasteiger partial charge in [-0.15, -0.1) is 0 Å². The third-order valence-corrected chi connectivity index (χ3v) is 4.45. The van der Waals surface area contributed by atoms with Crippen molar-refractivity contribution in [2.75, 3.05) is 33.3 Å². The Hall–Kier alpha value is -2.11. The summed E-state index contributed by atoms with van der Waals surface area (Å²) in [7, 11) is 1.41. The fraction of sp³-hybridized carbons (Fsp3) is 0.600. The molecule has 0 bridgehead atoms. The van der Waals surface area contributed by atoms with Gasteiger partial charge in [-0.2, -0.15) is 0 Å². The summed E-state index contributed by atoms with van der Waals surface area (Å²) in [5, 5.41) is 0. The minimum Gasteiger partial charge on any atom is -0.494 e. The summed E-state index contributed by atoms with van der Waals surface area (Å²) in [6.45, 7) is 8.52. The molecule has 1 saturated heterocycles. The van der Waals surface area contributed by atoms with Crippen LogP contribution < -0.4 is 4.74 Å². The van der Waals surface area contributed by atoms with Gasteiger partial charge in [-0.05, 0) is 29.5 Å². The molecule has 0 spiro atoms. The lowest BCUT2D eigenvalue weighted by Gasteiger charge is -2.25. The second kappa shape index (κ2) is 8.52. The van der Waals surface area contributed by atoms with Gasteiger partial charge in [0.2, 0.25) is 11.8 Å². The van der Waals surface area contributed by atoms with Crippen molar-refractivity contribution in [2.24, 2.45) is 5.41 Å². The van der Waals surface area contributed by atoms with Crippen LogP contribution in [0.4, 0.5) is 4.39 Å². The molecular weight excluding hydrogens is 335 g/mol. The highest BCUT2D eigenvalue weighted by Gasteiger charge is 2.25. The van der Waals surface area contributed by atoms with Crippen LogP contribution in [0, 0.1) is 11.2 Å². The van der Waals surface area contributed by atoms with E-state index in [1.54, 1.807) is 11.0 Å². The molecule has 0 atom stereocenters. The van der Waals surface area contributed by atoms with Crippen LogP contribution in [0.25, 0.3) is 0 Å². The fourth-order valence-corrected chi connectivity index (χ4v) is 3.09. The summed E-state index contributed by atoms with van der Waals surface area (Å²) < 4.78 is 18.7. The standard InChI is InChI=1S/C20H29FN2O3/c1-20(2,3)14-19(25)23-9-5-8-22(10-11-23)18(24)13-15-6-7-17(26-4)16(21)12-15/h6-7,12H,5,8-11,13-14H2,1-4H3. The smallest absolute Gasteiger partial charge is 0.227 e. The van der Waals surface area contributed by atoms with Crippen molar-refractivity contribution < 1.29 is 18.7 Å². The van der Waals surface area contributed by atoms with E-state index in [4.69, 9.17) is 4.74 Å². The van der Waals surface area contributed by atoms with Gasteiger partial charge >= 0.3 is 0 Å². The number of hydrogen-bond acceptors (Lipinski definition) is 3. The number of halogens is 1. The number of carbonyl (C=O) groups excluding carboxylic acids is 2. The largest absolute Gasteiger partial charge is 0.494 e. The summed E-state index contributed by atoms with van der Waals surface area (Å²) in [6.07, 6.45) is 1.42. The second-order valence-corrected chi connectivity index (χ2v) is 8.00. The Labute approximate surface area is 155 Å². The Morgan fingerprint density at radius 3 is 2.23 bits per heavy atom. The van der Waals surface area contributed by atoms with Gasteiger partial charge in [0.25, 0.3) is 0 Å². The summed E-state index contributed by atoms with van der Waals surface area (Å²) in [4.78, 5) is 28.6. The van der Waals surface area contributed by atoms with Crippen LogP contribution in [0.15, 0.2) is 18.2 Å². The Morgan fingerprint density at radius 1 is 1.08 bits per heavy atom. The second-order valence-electron chi connectivity index (χ2n) is 8.00. The molecule has 0 aromatic heterocycles. The first kappa shape index (κ1) is 20.2. The van der Waals surface area contributed by atoms with E-state index in [1.807, 2.05) is 25.7 Å². The monoisotopic (exact) mass is 364 g/mol. The van der Waals surface area contributed by atoms with Crippen LogP contribution in [0.2, 0.25) is 0 Å². The highest BCUT2D eigenvalue weighted by atomic mass is 19.1. The number of nitrogens with zero attached hydrogens (tertiary/aromatic N) is 2. The van der Waals surface area contributed by atoms with E-state index < -0.39 is 5.82 Å². The first-order chi connectivity index (χ1) is 12.2. The van der Waals surface area contributed by atoms with Gasteiger partial charge in [-0.25, -0.2) is 4.39 Å². The highest BCUT2D eigenvalue weighted by Crippen LogP contribution is 2.21. The van der Waals surface area contributed by atoms with Crippen molar-refractivity contribution in [3.8, 4) is 5.75 Å². The molecule has 0 unspecified atom stereocenters. The number of methoxy groups -OCH3 is 1. The minimum absolute atomic E-state index is 0.0420. The molecule has 0 N–H and O–H groups in total. The Morgan fingerprint density at radius 2 is 1.69 bits per heavy atom. The molecule has 1 heterocycles. The Bertz CT molecular complexity index is 655. The summed E-state index contributed by atoms with van der Waals surface area (Å²) in [5.74, 6) is -0.194. The number of amides is 2. The van der Waals surface area contributed by atoms with Gasteiger partial charge < -0.3 is 14.5 Å². The third-order valence-electron chi connectivity index (χ3n) is 4.45. The maximum absolute atomic E-state index is 13.8. The molecule has 6 heteroatoms. The van der Waals surface area contributed by atoms with Gasteiger partial charge in [-0.1, -0.05) is 26.8 Å². The highest BCUT2D eigenvalue weighted by molar-refractivity contribution is 5.79. The average molecular weight is 364 g/mol. The quantitative estimate of drug-likeness (QED) is 0.825. The van der Waals surface area contributed by atoms with Crippen LogP contribution in [0.5, 0.6) is 5.75 Å². The van der Waals surface area contributed by atoms with Gasteiger partial charge in [0.05, 0.1) is 13.5 Å². The van der Waals surface area contributed by atoms with E-state index in [0.717, 1.165) is 6.42 Å². The van der Waals surface area contributed by atoms with E-state index in [2.05, 4.69) is 0 Å². The van der Waals surface area contributed by atoms with Gasteiger partial charge in [0.15, 0.2) is 11.6 Å². The van der Waals surface area contributed by atoms with E-state index in [1.165, 1.54) is 19.2 Å². The normalized spacial score (nSPS) is 15.6. The molecule has 0 saturated carbocycles. The third kappa shape index (κ3) is 5.71. The van der Waals surface area contributed by atoms with Crippen molar-refractivity contribution in [3.05, 3.63) is 29.6 Å². The molecule has 1 fully saturated rings. The molecule has 1 aliphatic heterocycles. The van der Waals surface area contributed by atoms with Crippen molar-refractivity contribution in [3.63, 3.8) is 0 Å². The first-order valence-electron chi connectivity index (χ1n) is 9.07. The van der Waals surface area contributed by atoms with Crippen molar-refractivity contribution in [1.82, 2.24) is 9.80 Å². The van der Waals surface area contributed by atoms with E-state index in [0.29, 0.717) is 38.2 Å². The average Bonchev–Trinajstić information content (AvgIpc) is 2.79. The first-order valence-corrected chi connectivity index (χ1v) is 9.07. The molecule has 2 amide bonds. The zero-order chi connectivity index (χ0) is 19.3. The van der Waals surface area contributed by atoms with E-state index in [-0.39, 0.29) is 29.4 Å². The van der Waals surface area contributed by atoms with Crippen LogP contribution in [0.1, 0.15) is 39.2 Å². The minimum atomic E-state index is -0.465. The fourth-order valence-electron chi connectivity index (χ4n) is 3.09. The molecule has 0 radical (unpaired) electrons. The summed E-state index contributed by atoms with van der Waals surface area (Å²) in [6, 6.07) is 4.58. The zero-order valence-electron chi connectivity index (χ0n) is 16.2. The van der Waals surface area contributed by atoms with Crippen LogP contribution in [-0.4, -0.2) is 54.9 Å². The number of carbonyl (C=O) groups is 2. The van der Waals surface area contributed by atoms with E-state index >= 15 is 0 Å². The maximum atomic E-state index is 13.8. The molecule has 2 rings (SSSR count). The van der Waals surface area contributed by atoms with Gasteiger partial charge in [0.1, 0.15) is 0 Å². The van der Waals surface area contributed by atoms with Gasteiger partial charge in [-0.3, -0.25) is 9.59 Å². The number of rotatable bonds is 4. The molecular formula is C20H29FN2O3. The SMILES string of the molecule is COc1ccc(CC(=O)N2CCCN(C(=O)CC(C)(C)C)CC2)cc1F. The number of ether oxygens (including phenoxy) is 1. The molecule has 1 aliphatic rings. The zero-order valence-corrected chi connectivity index (χ0v) is 16.2. The van der Waals surface area contributed by atoms with Crippen LogP contribution >= 0.6 is 0 Å². The lowest BCUT2D eigenvalue weighted by molar-refractivity contribution is -0.134. The van der Waals surface area contributed by atoms with Crippen molar-refractivity contribution in [2.45, 2.75) is 40.0 Å². The number of benzene rings is 1. The predicted octanol–water partition coefficient (Wildman–Crippen LogP) is 2.87. The number of hydrogen-bond donors (Lipinski definition) is 0. The topological polar surface area (TPSA) is 49.9 Å². The predicted molar refractivity (Wildman–Crippen MR) is 98.5 cm³/mol. The molecule has 1 aromatic rings. The Balaban J connectivity index is 1.93. The molecule has 144 valence electrons. The maximum Gasteiger partial charge on any atom is 0.227 e.